The van der Waals surface area contributed by atoms with E-state index in [2.05, 4.69) is 32.7 Å². The van der Waals surface area contributed by atoms with E-state index >= 15 is 0 Å². The van der Waals surface area contributed by atoms with Gasteiger partial charge in [0.2, 0.25) is 0 Å². The Morgan fingerprint density at radius 1 is 1.10 bits per heavy atom. The lowest BCUT2D eigenvalue weighted by molar-refractivity contribution is 0.0682. The SMILES string of the molecule is CN(C[C@H](O)c1ccccc1)C1CCC(C(C)(C)C)CC1. The molecule has 1 atom stereocenters. The molecule has 1 fully saturated rings. The summed E-state index contributed by atoms with van der Waals surface area (Å²) in [5, 5.41) is 10.4. The van der Waals surface area contributed by atoms with E-state index < -0.39 is 0 Å². The molecule has 118 valence electrons. The molecule has 1 saturated carbocycles. The molecule has 1 aromatic rings. The van der Waals surface area contributed by atoms with Crippen molar-refractivity contribution >= 4 is 0 Å². The first kappa shape index (κ1) is 16.5. The summed E-state index contributed by atoms with van der Waals surface area (Å²) < 4.78 is 0. The Labute approximate surface area is 130 Å². The number of hydrogen-bond donors (Lipinski definition) is 1. The maximum absolute atomic E-state index is 10.4. The lowest BCUT2D eigenvalue weighted by Crippen LogP contribution is -2.39. The Morgan fingerprint density at radius 2 is 1.67 bits per heavy atom. The highest BCUT2D eigenvalue weighted by molar-refractivity contribution is 5.17. The van der Waals surface area contributed by atoms with E-state index in [1.54, 1.807) is 0 Å². The van der Waals surface area contributed by atoms with Crippen molar-refractivity contribution in [1.82, 2.24) is 4.90 Å². The minimum Gasteiger partial charge on any atom is -0.387 e. The summed E-state index contributed by atoms with van der Waals surface area (Å²) in [5.74, 6) is 0.848. The molecular weight excluding hydrogens is 258 g/mol. The fourth-order valence-electron chi connectivity index (χ4n) is 3.59. The first-order valence-electron chi connectivity index (χ1n) is 8.31. The molecule has 0 aromatic heterocycles. The molecule has 2 heteroatoms. The van der Waals surface area contributed by atoms with Crippen LogP contribution in [0.4, 0.5) is 0 Å². The lowest BCUT2D eigenvalue weighted by atomic mass is 9.71. The predicted octanol–water partition coefficient (Wildman–Crippen LogP) is 4.26. The van der Waals surface area contributed by atoms with Gasteiger partial charge in [-0.15, -0.1) is 0 Å². The fraction of sp³-hybridized carbons (Fsp3) is 0.684. The highest BCUT2D eigenvalue weighted by Gasteiger charge is 2.31. The molecule has 0 radical (unpaired) electrons. The molecule has 0 bridgehead atoms. The summed E-state index contributed by atoms with van der Waals surface area (Å²) in [6, 6.07) is 10.6. The molecule has 1 aromatic carbocycles. The molecule has 2 rings (SSSR count). The quantitative estimate of drug-likeness (QED) is 0.895. The topological polar surface area (TPSA) is 23.5 Å². The van der Waals surface area contributed by atoms with Crippen molar-refractivity contribution in [2.24, 2.45) is 11.3 Å². The van der Waals surface area contributed by atoms with Crippen LogP contribution in [0.5, 0.6) is 0 Å². The molecule has 21 heavy (non-hydrogen) atoms. The molecule has 2 nitrogen and oxygen atoms in total. The molecule has 1 N–H and O–H groups in total. The summed E-state index contributed by atoms with van der Waals surface area (Å²) in [4.78, 5) is 2.36. The van der Waals surface area contributed by atoms with Gasteiger partial charge in [0.05, 0.1) is 6.10 Å². The molecule has 0 heterocycles. The van der Waals surface area contributed by atoms with Crippen LogP contribution in [0.3, 0.4) is 0 Å². The maximum atomic E-state index is 10.4. The summed E-state index contributed by atoms with van der Waals surface area (Å²) in [7, 11) is 2.16. The Morgan fingerprint density at radius 3 is 2.19 bits per heavy atom. The fourth-order valence-corrected chi connectivity index (χ4v) is 3.59. The second kappa shape index (κ2) is 6.93. The Hall–Kier alpha value is -0.860. The van der Waals surface area contributed by atoms with Crippen LogP contribution in [0.15, 0.2) is 30.3 Å². The average molecular weight is 289 g/mol. The van der Waals surface area contributed by atoms with E-state index in [1.165, 1.54) is 25.7 Å². The number of aliphatic hydroxyl groups is 1. The largest absolute Gasteiger partial charge is 0.387 e. The Balaban J connectivity index is 1.84. The van der Waals surface area contributed by atoms with Crippen LogP contribution in [-0.2, 0) is 0 Å². The van der Waals surface area contributed by atoms with E-state index in [4.69, 9.17) is 0 Å². The zero-order valence-corrected chi connectivity index (χ0v) is 14.0. The zero-order valence-electron chi connectivity index (χ0n) is 14.0. The van der Waals surface area contributed by atoms with Crippen molar-refractivity contribution < 1.29 is 5.11 Å². The van der Waals surface area contributed by atoms with Gasteiger partial charge in [0.1, 0.15) is 0 Å². The summed E-state index contributed by atoms with van der Waals surface area (Å²) >= 11 is 0. The Bertz CT molecular complexity index is 415. The van der Waals surface area contributed by atoms with Crippen molar-refractivity contribution in [3.63, 3.8) is 0 Å². The monoisotopic (exact) mass is 289 g/mol. The summed E-state index contributed by atoms with van der Waals surface area (Å²) in [6.07, 6.45) is 4.79. The highest BCUT2D eigenvalue weighted by atomic mass is 16.3. The average Bonchev–Trinajstić information content (AvgIpc) is 2.47. The van der Waals surface area contributed by atoms with Crippen LogP contribution in [-0.4, -0.2) is 29.6 Å². The van der Waals surface area contributed by atoms with Crippen molar-refractivity contribution in [1.29, 1.82) is 0 Å². The van der Waals surface area contributed by atoms with Crippen molar-refractivity contribution in [3.8, 4) is 0 Å². The third kappa shape index (κ3) is 4.55. The van der Waals surface area contributed by atoms with Gasteiger partial charge in [-0.05, 0) is 49.6 Å². The number of benzene rings is 1. The van der Waals surface area contributed by atoms with Crippen molar-refractivity contribution in [3.05, 3.63) is 35.9 Å². The number of rotatable bonds is 4. The van der Waals surface area contributed by atoms with E-state index in [0.29, 0.717) is 11.5 Å². The third-order valence-corrected chi connectivity index (χ3v) is 5.19. The second-order valence-corrected chi connectivity index (χ2v) is 7.74. The van der Waals surface area contributed by atoms with Crippen molar-refractivity contribution in [2.45, 2.75) is 58.6 Å². The number of hydrogen-bond acceptors (Lipinski definition) is 2. The van der Waals surface area contributed by atoms with Gasteiger partial charge >= 0.3 is 0 Å². The molecule has 0 saturated heterocycles. The standard InChI is InChI=1S/C19H31NO/c1-19(2,3)16-10-12-17(13-11-16)20(4)14-18(21)15-8-6-5-7-9-15/h5-9,16-18,21H,10-14H2,1-4H3/t16?,17?,18-/m0/s1. The van der Waals surface area contributed by atoms with Crippen LogP contribution >= 0.6 is 0 Å². The summed E-state index contributed by atoms with van der Waals surface area (Å²) in [5.41, 5.74) is 1.46. The van der Waals surface area contributed by atoms with Crippen LogP contribution < -0.4 is 0 Å². The van der Waals surface area contributed by atoms with E-state index in [0.717, 1.165) is 18.0 Å². The van der Waals surface area contributed by atoms with Gasteiger partial charge in [0.15, 0.2) is 0 Å². The second-order valence-electron chi connectivity index (χ2n) is 7.74. The highest BCUT2D eigenvalue weighted by Crippen LogP contribution is 2.38. The van der Waals surface area contributed by atoms with Crippen LogP contribution in [0.25, 0.3) is 0 Å². The zero-order chi connectivity index (χ0) is 15.5. The first-order valence-corrected chi connectivity index (χ1v) is 8.31. The number of nitrogens with zero attached hydrogens (tertiary/aromatic N) is 1. The van der Waals surface area contributed by atoms with Gasteiger partial charge < -0.3 is 10.0 Å². The predicted molar refractivity (Wildman–Crippen MR) is 89.2 cm³/mol. The molecule has 1 aliphatic rings. The minimum atomic E-state index is -0.378. The van der Waals surface area contributed by atoms with E-state index in [1.807, 2.05) is 30.3 Å². The van der Waals surface area contributed by atoms with Gasteiger partial charge in [0.25, 0.3) is 0 Å². The smallest absolute Gasteiger partial charge is 0.0916 e. The minimum absolute atomic E-state index is 0.378. The molecule has 0 amide bonds. The van der Waals surface area contributed by atoms with Gasteiger partial charge in [-0.2, -0.15) is 0 Å². The number of likely N-dealkylation sites (N-methyl/N-ethyl adjacent to an activating group) is 1. The van der Waals surface area contributed by atoms with Gasteiger partial charge in [-0.25, -0.2) is 0 Å². The lowest BCUT2D eigenvalue weighted by Gasteiger charge is -2.40. The molecule has 0 spiro atoms. The summed E-state index contributed by atoms with van der Waals surface area (Å²) in [6.45, 7) is 7.82. The van der Waals surface area contributed by atoms with Crippen LogP contribution in [0, 0.1) is 11.3 Å². The molecule has 0 unspecified atom stereocenters. The number of aliphatic hydroxyl groups excluding tert-OH is 1. The molecular formula is C19H31NO. The van der Waals surface area contributed by atoms with Gasteiger partial charge in [-0.3, -0.25) is 0 Å². The Kier molecular flexibility index (Phi) is 5.45. The van der Waals surface area contributed by atoms with Gasteiger partial charge in [0, 0.05) is 12.6 Å². The van der Waals surface area contributed by atoms with E-state index in [9.17, 15) is 5.11 Å². The normalized spacial score (nSPS) is 25.0. The van der Waals surface area contributed by atoms with Crippen molar-refractivity contribution in [2.75, 3.05) is 13.6 Å². The third-order valence-electron chi connectivity index (χ3n) is 5.19. The van der Waals surface area contributed by atoms with Crippen LogP contribution in [0.1, 0.15) is 58.1 Å². The van der Waals surface area contributed by atoms with Crippen LogP contribution in [0.2, 0.25) is 0 Å². The van der Waals surface area contributed by atoms with Gasteiger partial charge in [-0.1, -0.05) is 51.1 Å². The molecule has 0 aliphatic heterocycles. The maximum Gasteiger partial charge on any atom is 0.0916 e. The van der Waals surface area contributed by atoms with E-state index in [-0.39, 0.29) is 6.10 Å². The molecule has 1 aliphatic carbocycles. The first-order chi connectivity index (χ1) is 9.88.